The van der Waals surface area contributed by atoms with Crippen molar-refractivity contribution >= 4 is 34.6 Å². The zero-order valence-electron chi connectivity index (χ0n) is 14.4. The van der Waals surface area contributed by atoms with Gasteiger partial charge in [0.2, 0.25) is 5.91 Å². The molecule has 10 heteroatoms. The Balaban J connectivity index is 2.04. The summed E-state index contributed by atoms with van der Waals surface area (Å²) in [5, 5.41) is 16.3. The van der Waals surface area contributed by atoms with Gasteiger partial charge in [0.1, 0.15) is 11.4 Å². The average molecular weight is 400 g/mol. The molecule has 0 saturated heterocycles. The summed E-state index contributed by atoms with van der Waals surface area (Å²) >= 11 is 5.83. The van der Waals surface area contributed by atoms with Crippen LogP contribution in [-0.4, -0.2) is 24.0 Å². The molecule has 144 valence electrons. The van der Waals surface area contributed by atoms with E-state index in [9.17, 15) is 23.7 Å². The third-order valence-corrected chi connectivity index (χ3v) is 3.98. The van der Waals surface area contributed by atoms with Gasteiger partial charge in [-0.1, -0.05) is 11.6 Å². The van der Waals surface area contributed by atoms with Gasteiger partial charge in [-0.15, -0.1) is 0 Å². The number of nitrogens with zero attached hydrogens (tertiary/aromatic N) is 1. The minimum atomic E-state index is -3.00. The lowest BCUT2D eigenvalue weighted by molar-refractivity contribution is -0.384. The maximum absolute atomic E-state index is 12.2. The molecule has 1 amide bonds. The van der Waals surface area contributed by atoms with E-state index in [0.717, 1.165) is 11.1 Å². The Hall–Kier alpha value is -2.94. The van der Waals surface area contributed by atoms with E-state index >= 15 is 0 Å². The smallest absolute Gasteiger partial charge is 0.387 e. The van der Waals surface area contributed by atoms with E-state index in [2.05, 4.69) is 15.4 Å². The van der Waals surface area contributed by atoms with Gasteiger partial charge in [0, 0.05) is 11.8 Å². The number of hydrogen-bond acceptors (Lipinski definition) is 5. The maximum Gasteiger partial charge on any atom is 0.387 e. The minimum Gasteiger partial charge on any atom is -0.433 e. The van der Waals surface area contributed by atoms with Crippen molar-refractivity contribution in [1.29, 1.82) is 0 Å². The lowest BCUT2D eigenvalue weighted by atomic mass is 10.1. The molecular formula is C17H16ClF2N3O4. The highest BCUT2D eigenvalue weighted by Crippen LogP contribution is 2.29. The molecule has 0 spiro atoms. The van der Waals surface area contributed by atoms with Crippen LogP contribution in [-0.2, 0) is 4.79 Å². The van der Waals surface area contributed by atoms with Crippen molar-refractivity contribution in [2.45, 2.75) is 20.5 Å². The predicted octanol–water partition coefficient (Wildman–Crippen LogP) is 4.52. The van der Waals surface area contributed by atoms with Gasteiger partial charge < -0.3 is 15.4 Å². The van der Waals surface area contributed by atoms with Gasteiger partial charge in [-0.05, 0) is 49.2 Å². The fourth-order valence-electron chi connectivity index (χ4n) is 2.23. The molecular weight excluding hydrogens is 384 g/mol. The van der Waals surface area contributed by atoms with Crippen LogP contribution in [0.1, 0.15) is 11.1 Å². The Morgan fingerprint density at radius 1 is 1.26 bits per heavy atom. The highest BCUT2D eigenvalue weighted by Gasteiger charge is 2.17. The first-order chi connectivity index (χ1) is 12.7. The second-order valence-electron chi connectivity index (χ2n) is 5.64. The molecule has 2 aromatic rings. The van der Waals surface area contributed by atoms with Crippen LogP contribution in [0.25, 0.3) is 0 Å². The zero-order chi connectivity index (χ0) is 20.1. The van der Waals surface area contributed by atoms with Crippen LogP contribution >= 0.6 is 11.6 Å². The molecule has 2 aromatic carbocycles. The number of hydrogen-bond donors (Lipinski definition) is 2. The van der Waals surface area contributed by atoms with Crippen molar-refractivity contribution in [2.24, 2.45) is 0 Å². The standard InChI is InChI=1S/C17H16ClF2N3O4/c1-9-5-13(14(23(25)26)6-10(9)2)22-16(24)8-21-11-3-4-15(12(18)7-11)27-17(19)20/h3-7,17,21H,8H2,1-2H3,(H,22,24). The zero-order valence-corrected chi connectivity index (χ0v) is 15.1. The van der Waals surface area contributed by atoms with Crippen LogP contribution in [0.2, 0.25) is 5.02 Å². The largest absolute Gasteiger partial charge is 0.433 e. The summed E-state index contributed by atoms with van der Waals surface area (Å²) in [7, 11) is 0. The molecule has 0 radical (unpaired) electrons. The first-order valence-electron chi connectivity index (χ1n) is 7.71. The number of nitrogens with one attached hydrogen (secondary N) is 2. The molecule has 0 aliphatic carbocycles. The number of carbonyl (C=O) groups is 1. The molecule has 0 atom stereocenters. The van der Waals surface area contributed by atoms with Gasteiger partial charge in [0.25, 0.3) is 5.69 Å². The summed E-state index contributed by atoms with van der Waals surface area (Å²) in [6, 6.07) is 6.89. The van der Waals surface area contributed by atoms with Crippen molar-refractivity contribution in [2.75, 3.05) is 17.2 Å². The van der Waals surface area contributed by atoms with Gasteiger partial charge in [-0.2, -0.15) is 8.78 Å². The predicted molar refractivity (Wildman–Crippen MR) is 97.8 cm³/mol. The Labute approximate surface area is 158 Å². The number of aryl methyl sites for hydroxylation is 2. The molecule has 2 rings (SSSR count). The first kappa shape index (κ1) is 20.4. The number of benzene rings is 2. The number of ether oxygens (including phenoxy) is 1. The van der Waals surface area contributed by atoms with Crippen LogP contribution in [0.15, 0.2) is 30.3 Å². The first-order valence-corrected chi connectivity index (χ1v) is 8.09. The topological polar surface area (TPSA) is 93.5 Å². The normalized spacial score (nSPS) is 10.6. The van der Waals surface area contributed by atoms with E-state index in [-0.39, 0.29) is 28.7 Å². The SMILES string of the molecule is Cc1cc(NC(=O)CNc2ccc(OC(F)F)c(Cl)c2)c([N+](=O)[O-])cc1C. The summed E-state index contributed by atoms with van der Waals surface area (Å²) in [5.74, 6) is -0.710. The lowest BCUT2D eigenvalue weighted by Crippen LogP contribution is -2.22. The minimum absolute atomic E-state index is 0.0505. The number of nitro groups is 1. The van der Waals surface area contributed by atoms with E-state index < -0.39 is 17.4 Å². The third-order valence-electron chi connectivity index (χ3n) is 3.68. The van der Waals surface area contributed by atoms with E-state index in [1.165, 1.54) is 30.3 Å². The van der Waals surface area contributed by atoms with Gasteiger partial charge >= 0.3 is 6.61 Å². The molecule has 27 heavy (non-hydrogen) atoms. The third kappa shape index (κ3) is 5.52. The number of alkyl halides is 2. The average Bonchev–Trinajstić information content (AvgIpc) is 2.57. The fourth-order valence-corrected chi connectivity index (χ4v) is 2.46. The monoisotopic (exact) mass is 399 g/mol. The highest BCUT2D eigenvalue weighted by molar-refractivity contribution is 6.32. The van der Waals surface area contributed by atoms with Gasteiger partial charge in [0.05, 0.1) is 16.5 Å². The summed E-state index contributed by atoms with van der Waals surface area (Å²) in [6.07, 6.45) is 0. The van der Waals surface area contributed by atoms with Crippen LogP contribution in [0.4, 0.5) is 25.8 Å². The Morgan fingerprint density at radius 2 is 1.93 bits per heavy atom. The maximum atomic E-state index is 12.2. The van der Waals surface area contributed by atoms with Crippen molar-refractivity contribution < 1.29 is 23.2 Å². The second-order valence-corrected chi connectivity index (χ2v) is 6.04. The van der Waals surface area contributed by atoms with Crippen molar-refractivity contribution in [3.8, 4) is 5.75 Å². The molecule has 2 N–H and O–H groups in total. The van der Waals surface area contributed by atoms with Crippen molar-refractivity contribution in [1.82, 2.24) is 0 Å². The molecule has 0 aromatic heterocycles. The number of anilines is 2. The van der Waals surface area contributed by atoms with Crippen LogP contribution < -0.4 is 15.4 Å². The van der Waals surface area contributed by atoms with Gasteiger partial charge in [-0.25, -0.2) is 0 Å². The highest BCUT2D eigenvalue weighted by atomic mass is 35.5. The number of carbonyl (C=O) groups excluding carboxylic acids is 1. The van der Waals surface area contributed by atoms with Crippen molar-refractivity contribution in [3.05, 3.63) is 56.6 Å². The van der Waals surface area contributed by atoms with Crippen LogP contribution in [0.5, 0.6) is 5.75 Å². The molecule has 0 heterocycles. The van der Waals surface area contributed by atoms with E-state index in [0.29, 0.717) is 5.69 Å². The number of amides is 1. The number of rotatable bonds is 7. The van der Waals surface area contributed by atoms with Crippen LogP contribution in [0.3, 0.4) is 0 Å². The van der Waals surface area contributed by atoms with Crippen molar-refractivity contribution in [3.63, 3.8) is 0 Å². The molecule has 0 unspecified atom stereocenters. The lowest BCUT2D eigenvalue weighted by Gasteiger charge is -2.11. The van der Waals surface area contributed by atoms with Gasteiger partial charge in [-0.3, -0.25) is 14.9 Å². The number of nitro benzene ring substituents is 1. The van der Waals surface area contributed by atoms with Crippen LogP contribution in [0, 0.1) is 24.0 Å². The molecule has 0 fully saturated rings. The molecule has 7 nitrogen and oxygen atoms in total. The fraction of sp³-hybridized carbons (Fsp3) is 0.235. The summed E-state index contributed by atoms with van der Waals surface area (Å²) in [6.45, 7) is 0.300. The molecule has 0 aliphatic heterocycles. The van der Waals surface area contributed by atoms with E-state index in [1.807, 2.05) is 0 Å². The Morgan fingerprint density at radius 3 is 2.52 bits per heavy atom. The summed E-state index contributed by atoms with van der Waals surface area (Å²) in [4.78, 5) is 22.7. The van der Waals surface area contributed by atoms with E-state index in [1.54, 1.807) is 13.8 Å². The Bertz CT molecular complexity index is 877. The second kappa shape index (κ2) is 8.63. The quantitative estimate of drug-likeness (QED) is 0.527. The summed E-state index contributed by atoms with van der Waals surface area (Å²) < 4.78 is 28.6. The summed E-state index contributed by atoms with van der Waals surface area (Å²) in [5.41, 5.74) is 1.81. The molecule has 0 saturated carbocycles. The van der Waals surface area contributed by atoms with Gasteiger partial charge in [0.15, 0.2) is 0 Å². The molecule has 0 aliphatic rings. The number of halogens is 3. The van der Waals surface area contributed by atoms with E-state index in [4.69, 9.17) is 11.6 Å². The molecule has 0 bridgehead atoms. The Kier molecular flexibility index (Phi) is 6.51.